The van der Waals surface area contributed by atoms with Crippen LogP contribution in [0.25, 0.3) is 0 Å². The predicted octanol–water partition coefficient (Wildman–Crippen LogP) is -1.26. The Kier molecular flexibility index (Phi) is 2.37. The normalized spacial score (nSPS) is 7.33. The largest absolute Gasteiger partial charge is 0.312 e. The quantitative estimate of drug-likeness (QED) is 0.237. The van der Waals surface area contributed by atoms with Crippen molar-refractivity contribution >= 4 is 19.8 Å². The number of carbonyl (C=O) groups is 2. The van der Waals surface area contributed by atoms with Gasteiger partial charge < -0.3 is 9.59 Å². The van der Waals surface area contributed by atoms with Gasteiger partial charge in [-0.1, -0.05) is 0 Å². The van der Waals surface area contributed by atoms with Crippen molar-refractivity contribution in [3.05, 3.63) is 0 Å². The Balaban J connectivity index is 3.05. The van der Waals surface area contributed by atoms with E-state index in [9.17, 15) is 9.59 Å². The number of carbonyl (C=O) groups excluding carboxylic acids is 2. The smallest absolute Gasteiger partial charge is 0.187 e. The third-order valence-electron chi connectivity index (χ3n) is 0.371. The number of hydrogen-bond donors (Lipinski definition) is 0. The molecule has 0 heterocycles. The van der Waals surface area contributed by atoms with Gasteiger partial charge in [0.1, 0.15) is 6.29 Å². The molecule has 0 fully saturated rings. The minimum atomic E-state index is -0.0787. The van der Waals surface area contributed by atoms with E-state index in [1.54, 1.807) is 0 Å². The maximum atomic E-state index is 9.81. The summed E-state index contributed by atoms with van der Waals surface area (Å²) >= 11 is 0. The molecule has 0 spiro atoms. The Bertz CT molecular complexity index is 69.2. The van der Waals surface area contributed by atoms with E-state index < -0.39 is 0 Å². The van der Waals surface area contributed by atoms with E-state index in [0.717, 1.165) is 0 Å². The minimum Gasteiger partial charge on any atom is -0.312 e. The molecule has 0 aromatic heterocycles. The molecule has 0 saturated carbocycles. The highest BCUT2D eigenvalue weighted by molar-refractivity contribution is 6.58. The van der Waals surface area contributed by atoms with Crippen LogP contribution in [-0.2, 0) is 9.59 Å². The number of rotatable bonds is 2. The number of aldehydes is 1. The van der Waals surface area contributed by atoms with Crippen molar-refractivity contribution < 1.29 is 9.59 Å². The van der Waals surface area contributed by atoms with Gasteiger partial charge in [-0.05, 0) is 0 Å². The first-order valence-electron chi connectivity index (χ1n) is 1.70. The van der Waals surface area contributed by atoms with E-state index in [-0.39, 0.29) is 12.1 Å². The topological polar surface area (TPSA) is 34.1 Å². The van der Waals surface area contributed by atoms with Crippen LogP contribution in [0.4, 0.5) is 0 Å². The van der Waals surface area contributed by atoms with Crippen molar-refractivity contribution in [2.24, 2.45) is 0 Å². The highest BCUT2D eigenvalue weighted by atomic mass is 16.1. The summed E-state index contributed by atoms with van der Waals surface area (Å²) in [7, 11) is 1.38. The molecule has 2 nitrogen and oxygen atoms in total. The molecule has 0 aromatic carbocycles. The summed E-state index contributed by atoms with van der Waals surface area (Å²) in [5.41, 5.74) is -0.0787. The fourth-order valence-electron chi connectivity index (χ4n) is 0.117. The molecule has 0 N–H and O–H groups in total. The highest BCUT2D eigenvalue weighted by Gasteiger charge is 1.84. The molecule has 0 aliphatic rings. The second-order valence-electron chi connectivity index (χ2n) is 1.07. The van der Waals surface area contributed by atoms with E-state index >= 15 is 0 Å². The van der Waals surface area contributed by atoms with Crippen LogP contribution in [0.2, 0.25) is 0 Å². The van der Waals surface area contributed by atoms with Crippen LogP contribution >= 0.6 is 0 Å². The molecular formula is C3H5BO2. The Morgan fingerprint density at radius 3 is 2.33 bits per heavy atom. The van der Waals surface area contributed by atoms with Crippen LogP contribution in [0, 0.1) is 0 Å². The van der Waals surface area contributed by atoms with Gasteiger partial charge in [-0.3, -0.25) is 0 Å². The lowest BCUT2D eigenvalue weighted by Gasteiger charge is -1.71. The van der Waals surface area contributed by atoms with Crippen LogP contribution in [0.15, 0.2) is 0 Å². The predicted molar refractivity (Wildman–Crippen MR) is 24.2 cm³/mol. The molecule has 32 valence electrons. The van der Waals surface area contributed by atoms with Crippen molar-refractivity contribution in [1.82, 2.24) is 0 Å². The molecule has 0 radical (unpaired) electrons. The fraction of sp³-hybridized carbons (Fsp3) is 0.333. The Labute approximate surface area is 36.9 Å². The molecule has 0 unspecified atom stereocenters. The van der Waals surface area contributed by atoms with Crippen LogP contribution in [-0.4, -0.2) is 19.8 Å². The Morgan fingerprint density at radius 1 is 1.83 bits per heavy atom. The molecule has 0 rings (SSSR count). The van der Waals surface area contributed by atoms with Gasteiger partial charge in [0.25, 0.3) is 0 Å². The van der Waals surface area contributed by atoms with E-state index in [1.807, 2.05) is 0 Å². The van der Waals surface area contributed by atoms with E-state index in [2.05, 4.69) is 0 Å². The van der Waals surface area contributed by atoms with Crippen LogP contribution < -0.4 is 0 Å². The van der Waals surface area contributed by atoms with Crippen LogP contribution in [0.5, 0.6) is 0 Å². The molecular weight excluding hydrogens is 78.8 g/mol. The molecule has 6 heavy (non-hydrogen) atoms. The average Bonchev–Trinajstić information content (AvgIpc) is 1.35. The minimum absolute atomic E-state index is 0.0556. The van der Waals surface area contributed by atoms with Gasteiger partial charge in [0, 0.05) is 0 Å². The zero-order chi connectivity index (χ0) is 4.99. The SMILES string of the molecule is BC(=O)CC=O. The Morgan fingerprint density at radius 2 is 2.33 bits per heavy atom. The number of hydrogen-bond acceptors (Lipinski definition) is 2. The van der Waals surface area contributed by atoms with E-state index in [0.29, 0.717) is 6.29 Å². The van der Waals surface area contributed by atoms with E-state index in [4.69, 9.17) is 0 Å². The Hall–Kier alpha value is -0.595. The fourth-order valence-corrected chi connectivity index (χ4v) is 0.117. The zero-order valence-electron chi connectivity index (χ0n) is 3.60. The first-order valence-corrected chi connectivity index (χ1v) is 1.70. The molecule has 0 aliphatic heterocycles. The van der Waals surface area contributed by atoms with Crippen LogP contribution in [0.3, 0.4) is 0 Å². The third-order valence-corrected chi connectivity index (χ3v) is 0.371. The van der Waals surface area contributed by atoms with Gasteiger partial charge in [0.15, 0.2) is 7.85 Å². The summed E-state index contributed by atoms with van der Waals surface area (Å²) in [6.45, 7) is 0. The first-order chi connectivity index (χ1) is 2.77. The molecule has 0 atom stereocenters. The maximum absolute atomic E-state index is 9.81. The summed E-state index contributed by atoms with van der Waals surface area (Å²) in [6, 6.07) is 0. The van der Waals surface area contributed by atoms with Gasteiger partial charge in [-0.2, -0.15) is 0 Å². The van der Waals surface area contributed by atoms with Crippen molar-refractivity contribution in [2.75, 3.05) is 0 Å². The molecule has 0 bridgehead atoms. The second-order valence-corrected chi connectivity index (χ2v) is 1.07. The second kappa shape index (κ2) is 2.63. The van der Waals surface area contributed by atoms with Gasteiger partial charge in [0.05, 0.1) is 12.1 Å². The monoisotopic (exact) mass is 84.0 g/mol. The third kappa shape index (κ3) is 3.40. The van der Waals surface area contributed by atoms with Crippen molar-refractivity contribution in [3.8, 4) is 0 Å². The summed E-state index contributed by atoms with van der Waals surface area (Å²) < 4.78 is 0. The van der Waals surface area contributed by atoms with Crippen molar-refractivity contribution in [1.29, 1.82) is 0 Å². The highest BCUT2D eigenvalue weighted by Crippen LogP contribution is 1.64. The lowest BCUT2D eigenvalue weighted by atomic mass is 10.0. The van der Waals surface area contributed by atoms with E-state index in [1.165, 1.54) is 7.85 Å². The standard InChI is InChI=1S/C3H5BO2/c4-3(6)1-2-5/h2H,1,4H2. The zero-order valence-corrected chi connectivity index (χ0v) is 3.60. The average molecular weight is 83.9 g/mol. The van der Waals surface area contributed by atoms with Gasteiger partial charge in [0.2, 0.25) is 0 Å². The van der Waals surface area contributed by atoms with Crippen LogP contribution in [0.1, 0.15) is 6.42 Å². The molecule has 3 heteroatoms. The van der Waals surface area contributed by atoms with Crippen molar-refractivity contribution in [2.45, 2.75) is 6.42 Å². The van der Waals surface area contributed by atoms with Crippen molar-refractivity contribution in [3.63, 3.8) is 0 Å². The maximum Gasteiger partial charge on any atom is 0.187 e. The molecule has 0 aliphatic carbocycles. The summed E-state index contributed by atoms with van der Waals surface area (Å²) in [4.78, 5) is 19.2. The molecule has 0 amide bonds. The lowest BCUT2D eigenvalue weighted by molar-refractivity contribution is -0.116. The summed E-state index contributed by atoms with van der Waals surface area (Å²) in [6.07, 6.45) is 0.655. The van der Waals surface area contributed by atoms with Gasteiger partial charge >= 0.3 is 0 Å². The van der Waals surface area contributed by atoms with Gasteiger partial charge in [-0.25, -0.2) is 0 Å². The molecule has 0 aromatic rings. The summed E-state index contributed by atoms with van der Waals surface area (Å²) in [5, 5.41) is 0. The molecule has 0 saturated heterocycles. The summed E-state index contributed by atoms with van der Waals surface area (Å²) in [5.74, 6) is 0. The van der Waals surface area contributed by atoms with Gasteiger partial charge in [-0.15, -0.1) is 0 Å². The lowest BCUT2D eigenvalue weighted by Crippen LogP contribution is -1.94. The first kappa shape index (κ1) is 5.40.